The van der Waals surface area contributed by atoms with Gasteiger partial charge in [0.1, 0.15) is 9.19 Å². The molecule has 0 amide bonds. The highest BCUT2D eigenvalue weighted by molar-refractivity contribution is 8.37. The molecule has 6 heteroatoms. The van der Waals surface area contributed by atoms with Gasteiger partial charge in [0.15, 0.2) is 5.04 Å². The minimum Gasteiger partial charge on any atom is -0.363 e. The Hall–Kier alpha value is -0.0700. The SMILES string of the molecule is CN(C)C(=S)SC1=NC2(CCCCC2)SC1=O. The third kappa shape index (κ3) is 3.03. The molecule has 1 heterocycles. The molecule has 0 aromatic rings. The summed E-state index contributed by atoms with van der Waals surface area (Å²) in [6, 6.07) is 0. The van der Waals surface area contributed by atoms with Crippen LogP contribution in [0.25, 0.3) is 0 Å². The average molecular weight is 288 g/mol. The fraction of sp³-hybridized carbons (Fsp3) is 0.727. The van der Waals surface area contributed by atoms with Crippen molar-refractivity contribution in [3.8, 4) is 0 Å². The topological polar surface area (TPSA) is 32.7 Å². The number of aliphatic imine (C=N–C) groups is 1. The van der Waals surface area contributed by atoms with E-state index in [-0.39, 0.29) is 9.99 Å². The smallest absolute Gasteiger partial charge is 0.246 e. The quantitative estimate of drug-likeness (QED) is 0.640. The summed E-state index contributed by atoms with van der Waals surface area (Å²) >= 11 is 7.94. The van der Waals surface area contributed by atoms with Gasteiger partial charge >= 0.3 is 0 Å². The summed E-state index contributed by atoms with van der Waals surface area (Å²) in [7, 11) is 3.78. The summed E-state index contributed by atoms with van der Waals surface area (Å²) < 4.78 is 0.700. The number of thiocarbonyl (C=S) groups is 1. The maximum atomic E-state index is 11.9. The first-order valence-corrected chi connectivity index (χ1v) is 7.79. The second-order valence-corrected chi connectivity index (χ2v) is 7.53. The van der Waals surface area contributed by atoms with E-state index in [9.17, 15) is 4.79 Å². The predicted molar refractivity (Wildman–Crippen MR) is 79.7 cm³/mol. The summed E-state index contributed by atoms with van der Waals surface area (Å²) in [4.78, 5) is 18.3. The Kier molecular flexibility index (Phi) is 4.15. The molecule has 94 valence electrons. The number of thioether (sulfide) groups is 2. The predicted octanol–water partition coefficient (Wildman–Crippen LogP) is 2.90. The van der Waals surface area contributed by atoms with Crippen LogP contribution in [-0.2, 0) is 4.79 Å². The highest BCUT2D eigenvalue weighted by Gasteiger charge is 2.42. The largest absolute Gasteiger partial charge is 0.363 e. The number of carbonyl (C=O) groups is 1. The van der Waals surface area contributed by atoms with Gasteiger partial charge in [0.25, 0.3) is 0 Å². The Morgan fingerprint density at radius 1 is 1.41 bits per heavy atom. The number of nitrogens with zero attached hydrogens (tertiary/aromatic N) is 2. The van der Waals surface area contributed by atoms with Gasteiger partial charge in [-0.3, -0.25) is 9.79 Å². The third-order valence-electron chi connectivity index (χ3n) is 2.95. The summed E-state index contributed by atoms with van der Waals surface area (Å²) in [5.74, 6) is 0. The molecule has 0 aromatic heterocycles. The van der Waals surface area contributed by atoms with E-state index in [4.69, 9.17) is 12.2 Å². The second kappa shape index (κ2) is 5.28. The van der Waals surface area contributed by atoms with E-state index in [0.29, 0.717) is 9.36 Å². The van der Waals surface area contributed by atoms with Gasteiger partial charge in [-0.15, -0.1) is 0 Å². The van der Waals surface area contributed by atoms with E-state index in [0.717, 1.165) is 12.8 Å². The monoisotopic (exact) mass is 288 g/mol. The minimum absolute atomic E-state index is 0.0982. The van der Waals surface area contributed by atoms with Gasteiger partial charge < -0.3 is 4.90 Å². The van der Waals surface area contributed by atoms with Gasteiger partial charge in [0, 0.05) is 14.1 Å². The average Bonchev–Trinajstić information content (AvgIpc) is 2.56. The molecule has 0 saturated heterocycles. The van der Waals surface area contributed by atoms with Crippen LogP contribution in [-0.4, -0.2) is 38.3 Å². The number of hydrogen-bond donors (Lipinski definition) is 0. The zero-order valence-corrected chi connectivity index (χ0v) is 12.5. The van der Waals surface area contributed by atoms with Crippen molar-refractivity contribution in [3.63, 3.8) is 0 Å². The molecule has 17 heavy (non-hydrogen) atoms. The first-order valence-electron chi connectivity index (χ1n) is 5.75. The first kappa shape index (κ1) is 13.4. The molecule has 0 unspecified atom stereocenters. The van der Waals surface area contributed by atoms with Gasteiger partial charge in [0.2, 0.25) is 5.12 Å². The molecule has 0 aromatic carbocycles. The van der Waals surface area contributed by atoms with E-state index >= 15 is 0 Å². The zero-order valence-electron chi connectivity index (χ0n) is 10.1. The highest BCUT2D eigenvalue weighted by Crippen LogP contribution is 2.46. The molecule has 1 aliphatic heterocycles. The Morgan fingerprint density at radius 2 is 2.06 bits per heavy atom. The Balaban J connectivity index is 2.09. The lowest BCUT2D eigenvalue weighted by Crippen LogP contribution is -2.23. The number of rotatable bonds is 0. The van der Waals surface area contributed by atoms with Gasteiger partial charge in [-0.05, 0) is 24.6 Å². The van der Waals surface area contributed by atoms with Crippen molar-refractivity contribution in [2.24, 2.45) is 4.99 Å². The van der Waals surface area contributed by atoms with E-state index in [1.165, 1.54) is 42.8 Å². The third-order valence-corrected chi connectivity index (χ3v) is 5.96. The van der Waals surface area contributed by atoms with Crippen molar-refractivity contribution in [1.82, 2.24) is 4.90 Å². The van der Waals surface area contributed by atoms with Crippen LogP contribution in [0.4, 0.5) is 0 Å². The van der Waals surface area contributed by atoms with Crippen molar-refractivity contribution in [2.75, 3.05) is 14.1 Å². The van der Waals surface area contributed by atoms with E-state index in [2.05, 4.69) is 4.99 Å². The van der Waals surface area contributed by atoms with Crippen LogP contribution >= 0.6 is 35.7 Å². The molecular formula is C11H16N2OS3. The molecule has 1 saturated carbocycles. The zero-order chi connectivity index (χ0) is 12.5. The summed E-state index contributed by atoms with van der Waals surface area (Å²) in [6.45, 7) is 0. The normalized spacial score (nSPS) is 22.7. The highest BCUT2D eigenvalue weighted by atomic mass is 32.2. The Labute approximate surface area is 116 Å². The molecule has 0 radical (unpaired) electrons. The van der Waals surface area contributed by atoms with Crippen molar-refractivity contribution in [3.05, 3.63) is 0 Å². The van der Waals surface area contributed by atoms with Crippen molar-refractivity contribution in [1.29, 1.82) is 0 Å². The molecule has 2 rings (SSSR count). The van der Waals surface area contributed by atoms with Crippen LogP contribution in [0.5, 0.6) is 0 Å². The van der Waals surface area contributed by atoms with Crippen LogP contribution in [0.1, 0.15) is 32.1 Å². The standard InChI is InChI=1S/C11H16N2OS3/c1-13(2)10(15)16-8-9(14)17-11(12-8)6-4-3-5-7-11/h3-7H2,1-2H3. The summed E-state index contributed by atoms with van der Waals surface area (Å²) in [5.41, 5.74) is 0. The van der Waals surface area contributed by atoms with Gasteiger partial charge in [-0.1, -0.05) is 43.2 Å². The van der Waals surface area contributed by atoms with E-state index in [1.807, 2.05) is 19.0 Å². The van der Waals surface area contributed by atoms with Crippen LogP contribution < -0.4 is 0 Å². The van der Waals surface area contributed by atoms with Crippen LogP contribution in [0.15, 0.2) is 4.99 Å². The molecule has 2 aliphatic rings. The van der Waals surface area contributed by atoms with Gasteiger partial charge in [-0.25, -0.2) is 0 Å². The molecule has 3 nitrogen and oxygen atoms in total. The van der Waals surface area contributed by atoms with Crippen molar-refractivity contribution < 1.29 is 4.79 Å². The molecule has 1 spiro atoms. The molecule has 0 atom stereocenters. The van der Waals surface area contributed by atoms with Crippen LogP contribution in [0.2, 0.25) is 0 Å². The van der Waals surface area contributed by atoms with Crippen LogP contribution in [0, 0.1) is 0 Å². The van der Waals surface area contributed by atoms with Gasteiger partial charge in [0.05, 0.1) is 0 Å². The second-order valence-electron chi connectivity index (χ2n) is 4.58. The maximum absolute atomic E-state index is 11.9. The van der Waals surface area contributed by atoms with Crippen LogP contribution in [0.3, 0.4) is 0 Å². The Bertz CT molecular complexity index is 373. The molecule has 0 bridgehead atoms. The van der Waals surface area contributed by atoms with Crippen molar-refractivity contribution >= 4 is 50.2 Å². The summed E-state index contributed by atoms with van der Waals surface area (Å²) in [5, 5.41) is 0.691. The minimum atomic E-state index is -0.153. The fourth-order valence-electron chi connectivity index (χ4n) is 2.03. The molecule has 1 fully saturated rings. The fourth-order valence-corrected chi connectivity index (χ4v) is 4.33. The number of hydrogen-bond acceptors (Lipinski definition) is 5. The van der Waals surface area contributed by atoms with Gasteiger partial charge in [-0.2, -0.15) is 0 Å². The lowest BCUT2D eigenvalue weighted by Gasteiger charge is -2.28. The van der Waals surface area contributed by atoms with E-state index < -0.39 is 0 Å². The molecule has 1 aliphatic carbocycles. The number of carbonyl (C=O) groups excluding carboxylic acids is 1. The maximum Gasteiger partial charge on any atom is 0.246 e. The van der Waals surface area contributed by atoms with Crippen molar-refractivity contribution in [2.45, 2.75) is 37.0 Å². The lowest BCUT2D eigenvalue weighted by atomic mass is 9.95. The van der Waals surface area contributed by atoms with E-state index in [1.54, 1.807) is 0 Å². The Morgan fingerprint density at radius 3 is 2.65 bits per heavy atom. The molecule has 0 N–H and O–H groups in total. The lowest BCUT2D eigenvalue weighted by molar-refractivity contribution is -0.105. The summed E-state index contributed by atoms with van der Waals surface area (Å²) in [6.07, 6.45) is 5.69. The molecular weight excluding hydrogens is 272 g/mol. The first-order chi connectivity index (χ1) is 8.02.